The van der Waals surface area contributed by atoms with Crippen molar-refractivity contribution in [3.05, 3.63) is 76.0 Å². The number of nitrogens with zero attached hydrogens (tertiary/aromatic N) is 2. The molecule has 1 fully saturated rings. The quantitative estimate of drug-likeness (QED) is 0.449. The molecular weight excluding hydrogens is 551 g/mol. The van der Waals surface area contributed by atoms with Crippen molar-refractivity contribution >= 4 is 44.2 Å². The van der Waals surface area contributed by atoms with Crippen molar-refractivity contribution in [1.82, 2.24) is 14.6 Å². The first-order valence-corrected chi connectivity index (χ1v) is 13.1. The van der Waals surface area contributed by atoms with Crippen molar-refractivity contribution in [3.8, 4) is 11.3 Å². The molecule has 2 N–H and O–H groups in total. The molecule has 33 heavy (non-hydrogen) atoms. The normalized spacial score (nSPS) is 19.2. The highest BCUT2D eigenvalue weighted by Gasteiger charge is 2.31. The molecule has 0 bridgehead atoms. The third-order valence-electron chi connectivity index (χ3n) is 5.44. The summed E-state index contributed by atoms with van der Waals surface area (Å²) in [4.78, 5) is 17.4. The number of nitrogens with one attached hydrogen (secondary N) is 2. The predicted octanol–water partition coefficient (Wildman–Crippen LogP) is 3.98. The van der Waals surface area contributed by atoms with Crippen molar-refractivity contribution < 1.29 is 13.2 Å². The molecule has 7 nitrogen and oxygen atoms in total. The fourth-order valence-corrected chi connectivity index (χ4v) is 6.15. The van der Waals surface area contributed by atoms with Gasteiger partial charge in [-0.05, 0) is 91.0 Å². The van der Waals surface area contributed by atoms with Gasteiger partial charge in [-0.15, -0.1) is 0 Å². The number of benzene rings is 2. The summed E-state index contributed by atoms with van der Waals surface area (Å²) in [6.07, 6.45) is 1.73. The molecule has 2 unspecified atom stereocenters. The first-order chi connectivity index (χ1) is 15.7. The maximum atomic E-state index is 13.0. The van der Waals surface area contributed by atoms with Crippen molar-refractivity contribution in [2.45, 2.75) is 30.8 Å². The number of carbonyl (C=O) groups is 1. The van der Waals surface area contributed by atoms with E-state index in [2.05, 4.69) is 38.2 Å². The number of pyridine rings is 1. The van der Waals surface area contributed by atoms with Gasteiger partial charge >= 0.3 is 0 Å². The molecule has 0 aliphatic carbocycles. The van der Waals surface area contributed by atoms with Gasteiger partial charge in [0.15, 0.2) is 0 Å². The zero-order valence-corrected chi connectivity index (χ0v) is 21.3. The largest absolute Gasteiger partial charge is 0.322 e. The smallest absolute Gasteiger partial charge is 0.255 e. The van der Waals surface area contributed by atoms with E-state index < -0.39 is 10.0 Å². The van der Waals surface area contributed by atoms with E-state index in [9.17, 15) is 13.2 Å². The average Bonchev–Trinajstić information content (AvgIpc) is 2.80. The lowest BCUT2D eigenvalue weighted by Gasteiger charge is -2.35. The van der Waals surface area contributed by atoms with Crippen molar-refractivity contribution in [3.63, 3.8) is 0 Å². The standard InChI is InChI=1S/C24H25IN4O3S/c1-16-14-29(15-17(2)27-16)33(31,32)20-9-6-18(7-10-20)24(30)28-19-8-11-22(25)21(13-19)23-5-3-4-12-26-23/h3-13,16-17,27H,14-15H2,1-2H3,(H,28,30). The lowest BCUT2D eigenvalue weighted by atomic mass is 10.1. The Morgan fingerprint density at radius 3 is 2.39 bits per heavy atom. The van der Waals surface area contributed by atoms with E-state index in [1.54, 1.807) is 18.3 Å². The highest BCUT2D eigenvalue weighted by Crippen LogP contribution is 2.27. The number of amides is 1. The molecule has 0 radical (unpaired) electrons. The minimum absolute atomic E-state index is 0.0819. The minimum atomic E-state index is -3.62. The summed E-state index contributed by atoms with van der Waals surface area (Å²) in [7, 11) is -3.62. The Morgan fingerprint density at radius 2 is 1.76 bits per heavy atom. The fourth-order valence-electron chi connectivity index (χ4n) is 3.92. The summed E-state index contributed by atoms with van der Waals surface area (Å²) in [5.41, 5.74) is 2.77. The van der Waals surface area contributed by atoms with E-state index in [1.807, 2.05) is 50.2 Å². The van der Waals surface area contributed by atoms with E-state index in [1.165, 1.54) is 16.4 Å². The second kappa shape index (κ2) is 9.88. The Hall–Kier alpha value is -2.34. The van der Waals surface area contributed by atoms with Gasteiger partial charge in [0.05, 0.1) is 10.6 Å². The van der Waals surface area contributed by atoms with Gasteiger partial charge in [0.1, 0.15) is 0 Å². The first-order valence-electron chi connectivity index (χ1n) is 10.6. The van der Waals surface area contributed by atoms with E-state index >= 15 is 0 Å². The van der Waals surface area contributed by atoms with Gasteiger partial charge in [0, 0.05) is 51.8 Å². The maximum absolute atomic E-state index is 13.0. The zero-order valence-electron chi connectivity index (χ0n) is 18.3. The Bertz CT molecular complexity index is 1240. The van der Waals surface area contributed by atoms with Crippen LogP contribution in [0.3, 0.4) is 0 Å². The third-order valence-corrected chi connectivity index (χ3v) is 8.23. The molecule has 9 heteroatoms. The molecule has 4 rings (SSSR count). The molecule has 172 valence electrons. The number of sulfonamides is 1. The number of piperazine rings is 1. The van der Waals surface area contributed by atoms with Gasteiger partial charge < -0.3 is 10.6 Å². The van der Waals surface area contributed by atoms with Gasteiger partial charge in [-0.2, -0.15) is 4.31 Å². The summed E-state index contributed by atoms with van der Waals surface area (Å²) in [5.74, 6) is -0.309. The van der Waals surface area contributed by atoms with Crippen LogP contribution in [-0.2, 0) is 10.0 Å². The Kier molecular flexibility index (Phi) is 7.13. The van der Waals surface area contributed by atoms with Crippen LogP contribution >= 0.6 is 22.6 Å². The number of rotatable bonds is 5. The predicted molar refractivity (Wildman–Crippen MR) is 138 cm³/mol. The first kappa shape index (κ1) is 23.8. The summed E-state index contributed by atoms with van der Waals surface area (Å²) in [6, 6.07) is 17.6. The van der Waals surface area contributed by atoms with Crippen LogP contribution in [0.4, 0.5) is 5.69 Å². The van der Waals surface area contributed by atoms with Gasteiger partial charge in [-0.3, -0.25) is 9.78 Å². The van der Waals surface area contributed by atoms with E-state index in [-0.39, 0.29) is 22.9 Å². The topological polar surface area (TPSA) is 91.4 Å². The van der Waals surface area contributed by atoms with Crippen molar-refractivity contribution in [2.24, 2.45) is 0 Å². The van der Waals surface area contributed by atoms with Crippen LogP contribution in [-0.4, -0.2) is 48.8 Å². The number of halogens is 1. The van der Waals surface area contributed by atoms with Crippen molar-refractivity contribution in [2.75, 3.05) is 18.4 Å². The van der Waals surface area contributed by atoms with E-state index in [0.717, 1.165) is 14.8 Å². The average molecular weight is 576 g/mol. The van der Waals surface area contributed by atoms with Gasteiger partial charge in [0.25, 0.3) is 5.91 Å². The number of hydrogen-bond acceptors (Lipinski definition) is 5. The molecule has 0 saturated carbocycles. The number of aromatic nitrogens is 1. The van der Waals surface area contributed by atoms with Gasteiger partial charge in [-0.1, -0.05) is 6.07 Å². The summed E-state index contributed by atoms with van der Waals surface area (Å²) < 4.78 is 28.6. The van der Waals surface area contributed by atoms with E-state index in [4.69, 9.17) is 0 Å². The molecule has 1 aromatic heterocycles. The van der Waals surface area contributed by atoms with Gasteiger partial charge in [-0.25, -0.2) is 8.42 Å². The lowest BCUT2D eigenvalue weighted by molar-refractivity contribution is 0.102. The second-order valence-corrected chi connectivity index (χ2v) is 11.3. The van der Waals surface area contributed by atoms with Crippen LogP contribution < -0.4 is 10.6 Å². The summed E-state index contributed by atoms with van der Waals surface area (Å²) in [5, 5.41) is 6.22. The molecule has 2 aromatic carbocycles. The Balaban J connectivity index is 1.50. The molecule has 3 aromatic rings. The molecular formula is C24H25IN4O3S. The highest BCUT2D eigenvalue weighted by molar-refractivity contribution is 14.1. The Morgan fingerprint density at radius 1 is 1.06 bits per heavy atom. The lowest BCUT2D eigenvalue weighted by Crippen LogP contribution is -2.55. The molecule has 1 saturated heterocycles. The maximum Gasteiger partial charge on any atom is 0.255 e. The molecule has 1 aliphatic heterocycles. The van der Waals surface area contributed by atoms with Crippen LogP contribution in [0, 0.1) is 3.57 Å². The number of carbonyl (C=O) groups excluding carboxylic acids is 1. The Labute approximate surface area is 207 Å². The minimum Gasteiger partial charge on any atom is -0.322 e. The highest BCUT2D eigenvalue weighted by atomic mass is 127. The monoisotopic (exact) mass is 576 g/mol. The van der Waals surface area contributed by atoms with Crippen LogP contribution in [0.1, 0.15) is 24.2 Å². The van der Waals surface area contributed by atoms with Crippen LogP contribution in [0.5, 0.6) is 0 Å². The molecule has 2 atom stereocenters. The van der Waals surface area contributed by atoms with Crippen LogP contribution in [0.2, 0.25) is 0 Å². The van der Waals surface area contributed by atoms with Gasteiger partial charge in [0.2, 0.25) is 10.0 Å². The summed E-state index contributed by atoms with van der Waals surface area (Å²) >= 11 is 2.24. The summed E-state index contributed by atoms with van der Waals surface area (Å²) in [6.45, 7) is 4.77. The molecule has 2 heterocycles. The van der Waals surface area contributed by atoms with Crippen molar-refractivity contribution in [1.29, 1.82) is 0 Å². The third kappa shape index (κ3) is 5.43. The SMILES string of the molecule is CC1CN(S(=O)(=O)c2ccc(C(=O)Nc3ccc(I)c(-c4ccccn4)c3)cc2)CC(C)N1. The fraction of sp³-hybridized carbons (Fsp3) is 0.250. The van der Waals surface area contributed by atoms with E-state index in [0.29, 0.717) is 24.3 Å². The molecule has 0 spiro atoms. The van der Waals surface area contributed by atoms with Crippen LogP contribution in [0.25, 0.3) is 11.3 Å². The number of anilines is 1. The molecule has 1 aliphatic rings. The zero-order chi connectivity index (χ0) is 23.6. The second-order valence-electron chi connectivity index (χ2n) is 8.18. The van der Waals surface area contributed by atoms with Crippen LogP contribution in [0.15, 0.2) is 71.8 Å². The number of hydrogen-bond donors (Lipinski definition) is 2. The molecule has 1 amide bonds.